The summed E-state index contributed by atoms with van der Waals surface area (Å²) in [5.74, 6) is 0.651. The van der Waals surface area contributed by atoms with Gasteiger partial charge >= 0.3 is 0 Å². The average molecular weight is 503 g/mol. The number of carbonyl (C=O) groups excluding carboxylic acids is 2. The summed E-state index contributed by atoms with van der Waals surface area (Å²) in [6.07, 6.45) is 1.50. The Kier molecular flexibility index (Phi) is 10.2. The lowest BCUT2D eigenvalue weighted by Crippen LogP contribution is -2.51. The van der Waals surface area contributed by atoms with Gasteiger partial charge in [-0.1, -0.05) is 57.2 Å². The smallest absolute Gasteiger partial charge is 0.261 e. The van der Waals surface area contributed by atoms with Gasteiger partial charge in [-0.3, -0.25) is 9.59 Å². The Morgan fingerprint density at radius 2 is 1.75 bits per heavy atom. The van der Waals surface area contributed by atoms with E-state index in [9.17, 15) is 9.59 Å². The molecule has 2 aromatic rings. The second-order valence-corrected chi connectivity index (χ2v) is 9.30. The van der Waals surface area contributed by atoms with E-state index in [-0.39, 0.29) is 24.5 Å². The summed E-state index contributed by atoms with van der Waals surface area (Å²) in [5.41, 5.74) is 2.31. The number of amides is 2. The summed E-state index contributed by atoms with van der Waals surface area (Å²) in [4.78, 5) is 27.5. The lowest BCUT2D eigenvalue weighted by atomic mass is 10.0. The molecule has 174 valence electrons. The standard InChI is InChI=1S/C26H35BrN2O3/c1-6-19(4)28-26(31)20(5)29(15-14-21-10-8-7-9-11-21)25(30)17-32-24-13-12-22(18(2)3)16-23(24)27/h7-13,16,18-20H,6,14-15,17H2,1-5H3,(H,28,31)/t19-,20+/m0/s1. The van der Waals surface area contributed by atoms with Gasteiger partial charge in [0.25, 0.3) is 5.91 Å². The van der Waals surface area contributed by atoms with Gasteiger partial charge in [0, 0.05) is 12.6 Å². The van der Waals surface area contributed by atoms with Crippen LogP contribution in [0.5, 0.6) is 5.75 Å². The van der Waals surface area contributed by atoms with Gasteiger partial charge < -0.3 is 15.0 Å². The highest BCUT2D eigenvalue weighted by molar-refractivity contribution is 9.10. The molecule has 0 spiro atoms. The molecule has 0 unspecified atom stereocenters. The molecule has 32 heavy (non-hydrogen) atoms. The molecule has 2 amide bonds. The summed E-state index contributed by atoms with van der Waals surface area (Å²) < 4.78 is 6.64. The third kappa shape index (κ3) is 7.66. The number of ether oxygens (including phenoxy) is 1. The number of hydrogen-bond donors (Lipinski definition) is 1. The molecule has 0 aromatic heterocycles. The highest BCUT2D eigenvalue weighted by Crippen LogP contribution is 2.29. The van der Waals surface area contributed by atoms with E-state index < -0.39 is 6.04 Å². The Hall–Kier alpha value is -2.34. The van der Waals surface area contributed by atoms with Crippen molar-refractivity contribution in [1.29, 1.82) is 0 Å². The van der Waals surface area contributed by atoms with Crippen molar-refractivity contribution >= 4 is 27.7 Å². The minimum Gasteiger partial charge on any atom is -0.483 e. The number of nitrogens with zero attached hydrogens (tertiary/aromatic N) is 1. The Morgan fingerprint density at radius 1 is 1.06 bits per heavy atom. The van der Waals surface area contributed by atoms with Crippen LogP contribution in [0.25, 0.3) is 0 Å². The number of hydrogen-bond acceptors (Lipinski definition) is 3. The van der Waals surface area contributed by atoms with Gasteiger partial charge in [-0.15, -0.1) is 0 Å². The number of halogens is 1. The molecule has 1 N–H and O–H groups in total. The van der Waals surface area contributed by atoms with Crippen molar-refractivity contribution in [1.82, 2.24) is 10.2 Å². The first-order chi connectivity index (χ1) is 15.2. The lowest BCUT2D eigenvalue weighted by molar-refractivity contribution is -0.141. The van der Waals surface area contributed by atoms with Gasteiger partial charge in [0.1, 0.15) is 11.8 Å². The van der Waals surface area contributed by atoms with E-state index in [2.05, 4.69) is 35.1 Å². The summed E-state index contributed by atoms with van der Waals surface area (Å²) in [6, 6.07) is 15.3. The predicted molar refractivity (Wildman–Crippen MR) is 133 cm³/mol. The van der Waals surface area contributed by atoms with E-state index in [0.717, 1.165) is 16.5 Å². The summed E-state index contributed by atoms with van der Waals surface area (Å²) >= 11 is 3.54. The van der Waals surface area contributed by atoms with E-state index in [1.54, 1.807) is 11.8 Å². The summed E-state index contributed by atoms with van der Waals surface area (Å²) in [6.45, 7) is 10.3. The van der Waals surface area contributed by atoms with Gasteiger partial charge in [-0.05, 0) is 71.8 Å². The van der Waals surface area contributed by atoms with Gasteiger partial charge in [-0.25, -0.2) is 0 Å². The number of carbonyl (C=O) groups is 2. The largest absolute Gasteiger partial charge is 0.483 e. The molecule has 0 aliphatic carbocycles. The van der Waals surface area contributed by atoms with Crippen LogP contribution in [0.2, 0.25) is 0 Å². The van der Waals surface area contributed by atoms with Gasteiger partial charge in [0.2, 0.25) is 5.91 Å². The fourth-order valence-corrected chi connectivity index (χ4v) is 3.76. The van der Waals surface area contributed by atoms with Crippen LogP contribution in [0.15, 0.2) is 53.0 Å². The first-order valence-corrected chi connectivity index (χ1v) is 12.1. The first-order valence-electron chi connectivity index (χ1n) is 11.3. The van der Waals surface area contributed by atoms with E-state index in [1.807, 2.05) is 62.4 Å². The monoisotopic (exact) mass is 502 g/mol. The molecule has 0 saturated carbocycles. The molecular weight excluding hydrogens is 468 g/mol. The fraction of sp³-hybridized carbons (Fsp3) is 0.462. The third-order valence-corrected chi connectivity index (χ3v) is 6.25. The van der Waals surface area contributed by atoms with Crippen LogP contribution >= 0.6 is 15.9 Å². The molecule has 2 aromatic carbocycles. The van der Waals surface area contributed by atoms with Crippen LogP contribution in [0.4, 0.5) is 0 Å². The van der Waals surface area contributed by atoms with Crippen molar-refractivity contribution in [2.45, 2.75) is 65.5 Å². The van der Waals surface area contributed by atoms with Crippen LogP contribution in [-0.4, -0.2) is 41.9 Å². The lowest BCUT2D eigenvalue weighted by Gasteiger charge is -2.29. The second-order valence-electron chi connectivity index (χ2n) is 8.45. The predicted octanol–water partition coefficient (Wildman–Crippen LogP) is 5.33. The van der Waals surface area contributed by atoms with E-state index in [4.69, 9.17) is 4.74 Å². The molecule has 0 bridgehead atoms. The second kappa shape index (κ2) is 12.6. The molecule has 6 heteroatoms. The molecule has 0 heterocycles. The van der Waals surface area contributed by atoms with Crippen LogP contribution in [0.3, 0.4) is 0 Å². The van der Waals surface area contributed by atoms with E-state index in [1.165, 1.54) is 5.56 Å². The SMILES string of the molecule is CC[C@H](C)NC(=O)[C@@H](C)N(CCc1ccccc1)C(=O)COc1ccc(C(C)C)cc1Br. The molecule has 0 aliphatic heterocycles. The molecule has 5 nitrogen and oxygen atoms in total. The maximum absolute atomic E-state index is 13.1. The van der Waals surface area contributed by atoms with Crippen molar-refractivity contribution in [2.24, 2.45) is 0 Å². The molecule has 2 atom stereocenters. The average Bonchev–Trinajstić information content (AvgIpc) is 2.78. The highest BCUT2D eigenvalue weighted by Gasteiger charge is 2.27. The van der Waals surface area contributed by atoms with Crippen LogP contribution in [-0.2, 0) is 16.0 Å². The number of benzene rings is 2. The molecule has 0 saturated heterocycles. The Labute approximate surface area is 200 Å². The molecule has 0 radical (unpaired) electrons. The van der Waals surface area contributed by atoms with Crippen molar-refractivity contribution in [2.75, 3.05) is 13.2 Å². The number of nitrogens with one attached hydrogen (secondary N) is 1. The van der Waals surface area contributed by atoms with E-state index in [0.29, 0.717) is 24.6 Å². The van der Waals surface area contributed by atoms with Crippen LogP contribution < -0.4 is 10.1 Å². The Bertz CT molecular complexity index is 886. The highest BCUT2D eigenvalue weighted by atomic mass is 79.9. The summed E-state index contributed by atoms with van der Waals surface area (Å²) in [5, 5.41) is 2.98. The zero-order valence-electron chi connectivity index (χ0n) is 19.7. The third-order valence-electron chi connectivity index (χ3n) is 5.63. The maximum Gasteiger partial charge on any atom is 0.261 e. The molecular formula is C26H35BrN2O3. The minimum absolute atomic E-state index is 0.0581. The van der Waals surface area contributed by atoms with Gasteiger partial charge in [-0.2, -0.15) is 0 Å². The van der Waals surface area contributed by atoms with E-state index >= 15 is 0 Å². The van der Waals surface area contributed by atoms with Gasteiger partial charge in [0.15, 0.2) is 6.61 Å². The number of rotatable bonds is 11. The molecule has 2 rings (SSSR count). The normalized spacial score (nSPS) is 12.8. The zero-order chi connectivity index (χ0) is 23.7. The zero-order valence-corrected chi connectivity index (χ0v) is 21.3. The van der Waals surface area contributed by atoms with Gasteiger partial charge in [0.05, 0.1) is 4.47 Å². The quantitative estimate of drug-likeness (QED) is 0.451. The molecule has 0 aliphatic rings. The molecule has 0 fully saturated rings. The van der Waals surface area contributed by atoms with Crippen molar-refractivity contribution in [3.8, 4) is 5.75 Å². The summed E-state index contributed by atoms with van der Waals surface area (Å²) in [7, 11) is 0. The van der Waals surface area contributed by atoms with Crippen molar-refractivity contribution in [3.05, 3.63) is 64.1 Å². The fourth-order valence-electron chi connectivity index (χ4n) is 3.25. The Balaban J connectivity index is 2.10. The van der Waals surface area contributed by atoms with Crippen LogP contribution in [0, 0.1) is 0 Å². The minimum atomic E-state index is -0.587. The van der Waals surface area contributed by atoms with Crippen molar-refractivity contribution < 1.29 is 14.3 Å². The Morgan fingerprint density at radius 3 is 2.34 bits per heavy atom. The first kappa shape index (κ1) is 25.9. The van der Waals surface area contributed by atoms with Crippen molar-refractivity contribution in [3.63, 3.8) is 0 Å². The topological polar surface area (TPSA) is 58.6 Å². The maximum atomic E-state index is 13.1. The van der Waals surface area contributed by atoms with Crippen LogP contribution in [0.1, 0.15) is 58.1 Å².